The van der Waals surface area contributed by atoms with E-state index < -0.39 is 0 Å². The zero-order valence-electron chi connectivity index (χ0n) is 13.8. The van der Waals surface area contributed by atoms with Gasteiger partial charge in [0.05, 0.1) is 12.3 Å². The second kappa shape index (κ2) is 7.94. The number of halogens is 1. The zero-order chi connectivity index (χ0) is 17.6. The molecule has 126 valence electrons. The van der Waals surface area contributed by atoms with Crippen LogP contribution >= 0.6 is 15.9 Å². The number of carbonyl (C=O) groups is 1. The van der Waals surface area contributed by atoms with Gasteiger partial charge in [-0.1, -0.05) is 64.5 Å². The van der Waals surface area contributed by atoms with Crippen molar-refractivity contribution in [2.24, 2.45) is 5.10 Å². The predicted molar refractivity (Wildman–Crippen MR) is 107 cm³/mol. The number of anilines is 1. The second-order valence-electron chi connectivity index (χ2n) is 5.62. The largest absolute Gasteiger partial charge is 0.376 e. The fourth-order valence-corrected chi connectivity index (χ4v) is 2.76. The summed E-state index contributed by atoms with van der Waals surface area (Å²) in [6, 6.07) is 21.8. The van der Waals surface area contributed by atoms with Crippen molar-refractivity contribution in [3.05, 3.63) is 76.8 Å². The summed E-state index contributed by atoms with van der Waals surface area (Å²) in [5.41, 5.74) is 5.24. The van der Waals surface area contributed by atoms with Crippen LogP contribution in [0.5, 0.6) is 0 Å². The average molecular weight is 396 g/mol. The Balaban J connectivity index is 1.61. The lowest BCUT2D eigenvalue weighted by molar-refractivity contribution is -0.119. The van der Waals surface area contributed by atoms with Gasteiger partial charge in [0.1, 0.15) is 0 Å². The minimum atomic E-state index is -0.190. The maximum absolute atomic E-state index is 12.1. The Morgan fingerprint density at radius 2 is 1.72 bits per heavy atom. The van der Waals surface area contributed by atoms with E-state index in [-0.39, 0.29) is 12.5 Å². The van der Waals surface area contributed by atoms with Crippen LogP contribution < -0.4 is 10.7 Å². The first-order chi connectivity index (χ1) is 12.1. The number of hydrazone groups is 1. The highest BCUT2D eigenvalue weighted by Crippen LogP contribution is 2.22. The number of amides is 1. The monoisotopic (exact) mass is 395 g/mol. The molecule has 0 saturated heterocycles. The number of rotatable bonds is 5. The summed E-state index contributed by atoms with van der Waals surface area (Å²) < 4.78 is 1.01. The maximum Gasteiger partial charge on any atom is 0.259 e. The highest BCUT2D eigenvalue weighted by molar-refractivity contribution is 9.10. The van der Waals surface area contributed by atoms with Crippen molar-refractivity contribution in [1.29, 1.82) is 0 Å². The van der Waals surface area contributed by atoms with Gasteiger partial charge >= 0.3 is 0 Å². The van der Waals surface area contributed by atoms with E-state index in [0.29, 0.717) is 0 Å². The lowest BCUT2D eigenvalue weighted by Crippen LogP contribution is -2.26. The summed E-state index contributed by atoms with van der Waals surface area (Å²) in [6.45, 7) is 2.02. The van der Waals surface area contributed by atoms with E-state index in [0.717, 1.165) is 32.2 Å². The fraction of sp³-hybridized carbons (Fsp3) is 0.100. The minimum absolute atomic E-state index is 0.158. The molecule has 3 rings (SSSR count). The van der Waals surface area contributed by atoms with Crippen molar-refractivity contribution in [1.82, 2.24) is 5.43 Å². The van der Waals surface area contributed by atoms with Crippen molar-refractivity contribution in [3.63, 3.8) is 0 Å². The van der Waals surface area contributed by atoms with E-state index in [1.807, 2.05) is 73.7 Å². The average Bonchev–Trinajstić information content (AvgIpc) is 2.65. The first kappa shape index (κ1) is 17.2. The number of carbonyl (C=O) groups excluding carboxylic acids is 1. The van der Waals surface area contributed by atoms with Gasteiger partial charge in [0, 0.05) is 15.5 Å². The summed E-state index contributed by atoms with van der Waals surface area (Å²) in [4.78, 5) is 12.1. The molecule has 25 heavy (non-hydrogen) atoms. The van der Waals surface area contributed by atoms with Crippen LogP contribution in [-0.4, -0.2) is 18.2 Å². The van der Waals surface area contributed by atoms with Gasteiger partial charge in [-0.25, -0.2) is 5.43 Å². The molecule has 1 amide bonds. The molecule has 0 unspecified atom stereocenters. The van der Waals surface area contributed by atoms with Gasteiger partial charge in [-0.3, -0.25) is 4.79 Å². The lowest BCUT2D eigenvalue weighted by Gasteiger charge is -2.09. The van der Waals surface area contributed by atoms with Crippen molar-refractivity contribution in [2.75, 3.05) is 11.9 Å². The molecule has 2 N–H and O–H groups in total. The van der Waals surface area contributed by atoms with Gasteiger partial charge in [0.25, 0.3) is 5.91 Å². The van der Waals surface area contributed by atoms with E-state index in [1.54, 1.807) is 0 Å². The third-order valence-electron chi connectivity index (χ3n) is 3.84. The van der Waals surface area contributed by atoms with Crippen LogP contribution in [0.2, 0.25) is 0 Å². The molecule has 0 aliphatic heterocycles. The van der Waals surface area contributed by atoms with E-state index >= 15 is 0 Å². The minimum Gasteiger partial charge on any atom is -0.376 e. The topological polar surface area (TPSA) is 53.5 Å². The predicted octanol–water partition coefficient (Wildman–Crippen LogP) is 4.55. The molecule has 0 spiro atoms. The van der Waals surface area contributed by atoms with Gasteiger partial charge in [-0.15, -0.1) is 0 Å². The SMILES string of the molecule is C/C(=N/NC(=O)CNc1cccc2ccccc12)c1ccc(Br)cc1. The Morgan fingerprint density at radius 3 is 2.52 bits per heavy atom. The van der Waals surface area contributed by atoms with Gasteiger partial charge in [-0.05, 0) is 36.1 Å². The van der Waals surface area contributed by atoms with Crippen LogP contribution in [0.15, 0.2) is 76.3 Å². The van der Waals surface area contributed by atoms with Gasteiger partial charge < -0.3 is 5.32 Å². The van der Waals surface area contributed by atoms with E-state index in [2.05, 4.69) is 31.8 Å². The molecule has 0 bridgehead atoms. The number of hydrogen-bond donors (Lipinski definition) is 2. The smallest absolute Gasteiger partial charge is 0.259 e. The molecular formula is C20H18BrN3O. The molecule has 0 atom stereocenters. The normalized spacial score (nSPS) is 11.4. The molecule has 5 heteroatoms. The summed E-state index contributed by atoms with van der Waals surface area (Å²) in [5.74, 6) is -0.190. The number of nitrogens with zero attached hydrogens (tertiary/aromatic N) is 1. The summed E-state index contributed by atoms with van der Waals surface area (Å²) >= 11 is 3.40. The van der Waals surface area contributed by atoms with Crippen molar-refractivity contribution >= 4 is 44.0 Å². The number of nitrogens with one attached hydrogen (secondary N) is 2. The van der Waals surface area contributed by atoms with Crippen LogP contribution in [0.1, 0.15) is 12.5 Å². The maximum atomic E-state index is 12.1. The molecule has 3 aromatic carbocycles. The lowest BCUT2D eigenvalue weighted by atomic mass is 10.1. The fourth-order valence-electron chi connectivity index (χ4n) is 2.50. The Bertz CT molecular complexity index is 914. The van der Waals surface area contributed by atoms with Crippen LogP contribution in [0.3, 0.4) is 0 Å². The van der Waals surface area contributed by atoms with Crippen LogP contribution in [0, 0.1) is 0 Å². The highest BCUT2D eigenvalue weighted by atomic mass is 79.9. The standard InChI is InChI=1S/C20H18BrN3O/c1-14(15-9-11-17(21)12-10-15)23-24-20(25)13-22-19-8-4-6-16-5-2-3-7-18(16)19/h2-12,22H,13H2,1H3,(H,24,25)/b23-14-. The van der Waals surface area contributed by atoms with Crippen molar-refractivity contribution < 1.29 is 4.79 Å². The van der Waals surface area contributed by atoms with Crippen LogP contribution in [0.25, 0.3) is 10.8 Å². The van der Waals surface area contributed by atoms with Gasteiger partial charge in [0.15, 0.2) is 0 Å². The van der Waals surface area contributed by atoms with E-state index in [9.17, 15) is 4.79 Å². The summed E-state index contributed by atoms with van der Waals surface area (Å²) in [6.07, 6.45) is 0. The first-order valence-electron chi connectivity index (χ1n) is 7.94. The zero-order valence-corrected chi connectivity index (χ0v) is 15.4. The van der Waals surface area contributed by atoms with Crippen LogP contribution in [-0.2, 0) is 4.79 Å². The summed E-state index contributed by atoms with van der Waals surface area (Å²) in [7, 11) is 0. The molecule has 0 aromatic heterocycles. The van der Waals surface area contributed by atoms with Crippen LogP contribution in [0.4, 0.5) is 5.69 Å². The molecule has 3 aromatic rings. The Hall–Kier alpha value is -2.66. The third-order valence-corrected chi connectivity index (χ3v) is 4.37. The Morgan fingerprint density at radius 1 is 1.00 bits per heavy atom. The molecule has 0 aliphatic rings. The molecule has 0 heterocycles. The van der Waals surface area contributed by atoms with Crippen molar-refractivity contribution in [3.8, 4) is 0 Å². The number of hydrogen-bond acceptors (Lipinski definition) is 3. The highest BCUT2D eigenvalue weighted by Gasteiger charge is 2.04. The Kier molecular flexibility index (Phi) is 5.46. The molecule has 0 saturated carbocycles. The van der Waals surface area contributed by atoms with Gasteiger partial charge in [-0.2, -0.15) is 5.10 Å². The number of benzene rings is 3. The third kappa shape index (κ3) is 4.45. The Labute approximate surface area is 155 Å². The first-order valence-corrected chi connectivity index (χ1v) is 8.73. The summed E-state index contributed by atoms with van der Waals surface area (Å²) in [5, 5.41) is 9.56. The molecule has 0 aliphatic carbocycles. The second-order valence-corrected chi connectivity index (χ2v) is 6.54. The van der Waals surface area contributed by atoms with Gasteiger partial charge in [0.2, 0.25) is 0 Å². The van der Waals surface area contributed by atoms with E-state index in [1.165, 1.54) is 0 Å². The molecule has 0 radical (unpaired) electrons. The van der Waals surface area contributed by atoms with Crippen molar-refractivity contribution in [2.45, 2.75) is 6.92 Å². The van der Waals surface area contributed by atoms with E-state index in [4.69, 9.17) is 0 Å². The molecule has 4 nitrogen and oxygen atoms in total. The molecule has 0 fully saturated rings. The molecular weight excluding hydrogens is 378 g/mol. The quantitative estimate of drug-likeness (QED) is 0.491. The number of fused-ring (bicyclic) bond motifs is 1.